The minimum atomic E-state index is 0.292. The lowest BCUT2D eigenvalue weighted by atomic mass is 10.3. The number of hydrogen-bond donors (Lipinski definition) is 0. The van der Waals surface area contributed by atoms with Gasteiger partial charge in [0.25, 0.3) is 0 Å². The highest BCUT2D eigenvalue weighted by Gasteiger charge is 2.12. The molecule has 1 atom stereocenters. The average Bonchev–Trinajstić information content (AvgIpc) is 2.06. The van der Waals surface area contributed by atoms with Crippen LogP contribution in [-0.4, -0.2) is 50.5 Å². The van der Waals surface area contributed by atoms with Crippen molar-refractivity contribution in [2.24, 2.45) is 0 Å². The van der Waals surface area contributed by atoms with Gasteiger partial charge < -0.3 is 9.47 Å². The minimum absolute atomic E-state index is 0.292. The van der Waals surface area contributed by atoms with E-state index in [0.29, 0.717) is 12.7 Å². The van der Waals surface area contributed by atoms with Crippen LogP contribution in [0, 0.1) is 6.92 Å². The first kappa shape index (κ1) is 9.96. The summed E-state index contributed by atoms with van der Waals surface area (Å²) in [6.45, 7) is 11.1. The molecule has 0 aromatic rings. The molecule has 0 bridgehead atoms. The molecule has 12 heavy (non-hydrogen) atoms. The van der Waals surface area contributed by atoms with Crippen LogP contribution in [0.15, 0.2) is 0 Å². The molecule has 1 aliphatic rings. The molecule has 3 heteroatoms. The fourth-order valence-corrected chi connectivity index (χ4v) is 1.40. The third-order valence-corrected chi connectivity index (χ3v) is 2.02. The van der Waals surface area contributed by atoms with Gasteiger partial charge in [-0.25, -0.2) is 0 Å². The van der Waals surface area contributed by atoms with Gasteiger partial charge in [-0.1, -0.05) is 0 Å². The van der Waals surface area contributed by atoms with Gasteiger partial charge in [0.15, 0.2) is 0 Å². The summed E-state index contributed by atoms with van der Waals surface area (Å²) in [6.07, 6.45) is 0.292. The lowest BCUT2D eigenvalue weighted by Crippen LogP contribution is -2.40. The summed E-state index contributed by atoms with van der Waals surface area (Å²) < 4.78 is 10.6. The average molecular weight is 172 g/mol. The maximum absolute atomic E-state index is 5.35. The van der Waals surface area contributed by atoms with Gasteiger partial charge in [0, 0.05) is 26.2 Å². The molecule has 1 unspecified atom stereocenters. The first-order chi connectivity index (χ1) is 5.83. The summed E-state index contributed by atoms with van der Waals surface area (Å²) >= 11 is 0. The normalized spacial score (nSPS) is 22.5. The van der Waals surface area contributed by atoms with E-state index in [2.05, 4.69) is 18.7 Å². The van der Waals surface area contributed by atoms with Crippen molar-refractivity contribution in [1.82, 2.24) is 4.90 Å². The second kappa shape index (κ2) is 5.51. The Labute approximate surface area is 74.6 Å². The molecular weight excluding hydrogens is 154 g/mol. The summed E-state index contributed by atoms with van der Waals surface area (Å²) in [4.78, 5) is 2.36. The van der Waals surface area contributed by atoms with Crippen molar-refractivity contribution < 1.29 is 9.47 Å². The predicted molar refractivity (Wildman–Crippen MR) is 48.0 cm³/mol. The van der Waals surface area contributed by atoms with Crippen molar-refractivity contribution in [3.05, 3.63) is 6.92 Å². The molecule has 0 spiro atoms. The zero-order valence-corrected chi connectivity index (χ0v) is 7.79. The van der Waals surface area contributed by atoms with E-state index in [9.17, 15) is 0 Å². The maximum Gasteiger partial charge on any atom is 0.0673 e. The topological polar surface area (TPSA) is 21.7 Å². The summed E-state index contributed by atoms with van der Waals surface area (Å²) in [5.74, 6) is 0. The molecule has 1 rings (SSSR count). The van der Waals surface area contributed by atoms with Crippen LogP contribution in [0.4, 0.5) is 0 Å². The quantitative estimate of drug-likeness (QED) is 0.618. The molecule has 0 aromatic carbocycles. The monoisotopic (exact) mass is 172 g/mol. The standard InChI is InChI=1S/C9H18NO2/c1-3-12-9(2)8-10-4-6-11-7-5-10/h9H,1,3-8H2,2H3. The second-order valence-electron chi connectivity index (χ2n) is 3.09. The Bertz CT molecular complexity index is 113. The summed E-state index contributed by atoms with van der Waals surface area (Å²) in [7, 11) is 0. The zero-order valence-electron chi connectivity index (χ0n) is 7.79. The number of ether oxygens (including phenoxy) is 2. The van der Waals surface area contributed by atoms with Crippen molar-refractivity contribution >= 4 is 0 Å². The van der Waals surface area contributed by atoms with Crippen molar-refractivity contribution in [2.75, 3.05) is 39.5 Å². The maximum atomic E-state index is 5.35. The molecule has 1 saturated heterocycles. The van der Waals surface area contributed by atoms with Crippen LogP contribution in [0.5, 0.6) is 0 Å². The third kappa shape index (κ3) is 3.52. The Balaban J connectivity index is 2.11. The van der Waals surface area contributed by atoms with E-state index in [0.717, 1.165) is 32.8 Å². The molecule has 1 heterocycles. The molecule has 3 nitrogen and oxygen atoms in total. The van der Waals surface area contributed by atoms with Gasteiger partial charge in [-0.2, -0.15) is 0 Å². The molecule has 0 aromatic heterocycles. The van der Waals surface area contributed by atoms with Crippen molar-refractivity contribution in [1.29, 1.82) is 0 Å². The van der Waals surface area contributed by atoms with Gasteiger partial charge in [-0.3, -0.25) is 4.90 Å². The number of rotatable bonds is 4. The molecule has 0 amide bonds. The largest absolute Gasteiger partial charge is 0.379 e. The van der Waals surface area contributed by atoms with Gasteiger partial charge in [0.1, 0.15) is 0 Å². The van der Waals surface area contributed by atoms with Crippen LogP contribution in [0.1, 0.15) is 6.92 Å². The lowest BCUT2D eigenvalue weighted by Gasteiger charge is -2.28. The van der Waals surface area contributed by atoms with E-state index < -0.39 is 0 Å². The Morgan fingerprint density at radius 3 is 2.75 bits per heavy atom. The zero-order chi connectivity index (χ0) is 8.81. The van der Waals surface area contributed by atoms with Gasteiger partial charge >= 0.3 is 0 Å². The smallest absolute Gasteiger partial charge is 0.0673 e. The Kier molecular flexibility index (Phi) is 4.58. The highest BCUT2D eigenvalue weighted by Crippen LogP contribution is 2.00. The first-order valence-corrected chi connectivity index (χ1v) is 4.54. The van der Waals surface area contributed by atoms with E-state index in [-0.39, 0.29) is 0 Å². The van der Waals surface area contributed by atoms with E-state index in [1.54, 1.807) is 0 Å². The fourth-order valence-electron chi connectivity index (χ4n) is 1.40. The van der Waals surface area contributed by atoms with Crippen molar-refractivity contribution in [2.45, 2.75) is 13.0 Å². The van der Waals surface area contributed by atoms with Crippen LogP contribution in [-0.2, 0) is 9.47 Å². The fraction of sp³-hybridized carbons (Fsp3) is 0.889. The predicted octanol–water partition coefficient (Wildman–Crippen LogP) is 0.558. The highest BCUT2D eigenvalue weighted by molar-refractivity contribution is 4.65. The molecule has 1 aliphatic heterocycles. The molecule has 1 radical (unpaired) electrons. The van der Waals surface area contributed by atoms with Crippen LogP contribution >= 0.6 is 0 Å². The van der Waals surface area contributed by atoms with Gasteiger partial charge in [0.2, 0.25) is 0 Å². The van der Waals surface area contributed by atoms with E-state index in [1.807, 2.05) is 0 Å². The number of morpholine rings is 1. The van der Waals surface area contributed by atoms with E-state index >= 15 is 0 Å². The molecule has 0 saturated carbocycles. The van der Waals surface area contributed by atoms with Crippen LogP contribution in [0.3, 0.4) is 0 Å². The summed E-state index contributed by atoms with van der Waals surface area (Å²) in [6, 6.07) is 0. The van der Waals surface area contributed by atoms with Crippen molar-refractivity contribution in [3.63, 3.8) is 0 Å². The molecule has 1 fully saturated rings. The van der Waals surface area contributed by atoms with Crippen LogP contribution in [0.25, 0.3) is 0 Å². The molecule has 0 aliphatic carbocycles. The van der Waals surface area contributed by atoms with Gasteiger partial charge in [-0.15, -0.1) is 0 Å². The third-order valence-electron chi connectivity index (χ3n) is 2.02. The highest BCUT2D eigenvalue weighted by atomic mass is 16.5. The number of hydrogen-bond acceptors (Lipinski definition) is 3. The summed E-state index contributed by atoms with van der Waals surface area (Å²) in [5.41, 5.74) is 0. The molecular formula is C9H18NO2. The van der Waals surface area contributed by atoms with E-state index in [4.69, 9.17) is 9.47 Å². The van der Waals surface area contributed by atoms with Crippen molar-refractivity contribution in [3.8, 4) is 0 Å². The summed E-state index contributed by atoms with van der Waals surface area (Å²) in [5, 5.41) is 0. The number of nitrogens with zero attached hydrogens (tertiary/aromatic N) is 1. The first-order valence-electron chi connectivity index (χ1n) is 4.54. The minimum Gasteiger partial charge on any atom is -0.379 e. The van der Waals surface area contributed by atoms with Crippen LogP contribution in [0.2, 0.25) is 0 Å². The van der Waals surface area contributed by atoms with Crippen LogP contribution < -0.4 is 0 Å². The molecule has 71 valence electrons. The SMILES string of the molecule is [CH2]COC(C)CN1CCOCC1. The Morgan fingerprint density at radius 2 is 2.17 bits per heavy atom. The Morgan fingerprint density at radius 1 is 1.50 bits per heavy atom. The second-order valence-corrected chi connectivity index (χ2v) is 3.09. The van der Waals surface area contributed by atoms with E-state index in [1.165, 1.54) is 0 Å². The van der Waals surface area contributed by atoms with Gasteiger partial charge in [0.05, 0.1) is 19.3 Å². The molecule has 0 N–H and O–H groups in total. The lowest BCUT2D eigenvalue weighted by molar-refractivity contribution is 0.000560. The van der Waals surface area contributed by atoms with Gasteiger partial charge in [-0.05, 0) is 13.8 Å². The Hall–Kier alpha value is -0.120.